The van der Waals surface area contributed by atoms with Crippen molar-refractivity contribution >= 4 is 11.7 Å². The summed E-state index contributed by atoms with van der Waals surface area (Å²) in [6, 6.07) is 2.77. The highest BCUT2D eigenvalue weighted by atomic mass is 16.6. The molecular formula is C10H13N3O3. The summed E-state index contributed by atoms with van der Waals surface area (Å²) in [4.78, 5) is 26.9. The molecule has 6 heteroatoms. The average Bonchev–Trinajstić information content (AvgIpc) is 2.27. The largest absolute Gasteiger partial charge is 0.364 e. The maximum atomic E-state index is 11.7. The van der Waals surface area contributed by atoms with E-state index < -0.39 is 4.92 Å². The minimum Gasteiger partial charge on any atom is -0.358 e. The Morgan fingerprint density at radius 2 is 2.12 bits per heavy atom. The molecule has 0 bridgehead atoms. The lowest BCUT2D eigenvalue weighted by Crippen LogP contribution is -2.22. The van der Waals surface area contributed by atoms with Crippen LogP contribution in [0.3, 0.4) is 0 Å². The Kier molecular flexibility index (Phi) is 3.55. The fourth-order valence-electron chi connectivity index (χ4n) is 1.23. The van der Waals surface area contributed by atoms with Gasteiger partial charge in [0.15, 0.2) is 5.69 Å². The second-order valence-electron chi connectivity index (χ2n) is 3.52. The number of rotatable bonds is 3. The van der Waals surface area contributed by atoms with Crippen molar-refractivity contribution in [3.05, 3.63) is 33.5 Å². The lowest BCUT2D eigenvalue weighted by Gasteiger charge is -2.09. The van der Waals surface area contributed by atoms with Crippen LogP contribution in [0.2, 0.25) is 0 Å². The fraction of sp³-hybridized carbons (Fsp3) is 0.400. The molecule has 0 aromatic carbocycles. The molecule has 86 valence electrons. The third kappa shape index (κ3) is 2.53. The quantitative estimate of drug-likeness (QED) is 0.570. The SMILES string of the molecule is CCc1cc(C(=O)N(C)C)cc([N+](=O)[O-])n1. The molecule has 0 saturated carbocycles. The van der Waals surface area contributed by atoms with Gasteiger partial charge in [-0.3, -0.25) is 4.79 Å². The Hall–Kier alpha value is -1.98. The zero-order valence-corrected chi connectivity index (χ0v) is 9.43. The molecule has 0 aliphatic rings. The summed E-state index contributed by atoms with van der Waals surface area (Å²) in [7, 11) is 3.19. The molecule has 0 aliphatic heterocycles. The summed E-state index contributed by atoms with van der Waals surface area (Å²) >= 11 is 0. The summed E-state index contributed by atoms with van der Waals surface area (Å²) in [5, 5.41) is 10.6. The monoisotopic (exact) mass is 223 g/mol. The van der Waals surface area contributed by atoms with E-state index in [1.807, 2.05) is 6.92 Å². The number of aryl methyl sites for hydroxylation is 1. The fourth-order valence-corrected chi connectivity index (χ4v) is 1.23. The van der Waals surface area contributed by atoms with Crippen molar-refractivity contribution in [1.82, 2.24) is 9.88 Å². The first kappa shape index (κ1) is 12.1. The highest BCUT2D eigenvalue weighted by Crippen LogP contribution is 2.14. The first-order valence-electron chi connectivity index (χ1n) is 4.82. The van der Waals surface area contributed by atoms with Crippen molar-refractivity contribution in [2.75, 3.05) is 14.1 Å². The number of nitro groups is 1. The molecule has 1 aromatic heterocycles. The molecule has 0 N–H and O–H groups in total. The minimum absolute atomic E-state index is 0.264. The van der Waals surface area contributed by atoms with E-state index in [0.717, 1.165) is 0 Å². The smallest absolute Gasteiger partial charge is 0.358 e. The number of carbonyl (C=O) groups excluding carboxylic acids is 1. The van der Waals surface area contributed by atoms with Crippen LogP contribution in [0.1, 0.15) is 23.0 Å². The number of amides is 1. The van der Waals surface area contributed by atoms with E-state index >= 15 is 0 Å². The van der Waals surface area contributed by atoms with Crippen molar-refractivity contribution in [3.8, 4) is 0 Å². The van der Waals surface area contributed by atoms with Crippen molar-refractivity contribution < 1.29 is 9.72 Å². The second-order valence-corrected chi connectivity index (χ2v) is 3.52. The summed E-state index contributed by atoms with van der Waals surface area (Å²) in [5.41, 5.74) is 0.836. The molecule has 1 aromatic rings. The minimum atomic E-state index is -0.592. The van der Waals surface area contributed by atoms with E-state index in [9.17, 15) is 14.9 Å². The predicted molar refractivity (Wildman–Crippen MR) is 58.3 cm³/mol. The number of carbonyl (C=O) groups is 1. The highest BCUT2D eigenvalue weighted by Gasteiger charge is 2.17. The van der Waals surface area contributed by atoms with E-state index in [2.05, 4.69) is 4.98 Å². The normalized spacial score (nSPS) is 9.94. The van der Waals surface area contributed by atoms with Crippen LogP contribution in [0.15, 0.2) is 12.1 Å². The number of hydrogen-bond donors (Lipinski definition) is 0. The van der Waals surface area contributed by atoms with Gasteiger partial charge < -0.3 is 15.0 Å². The molecular weight excluding hydrogens is 210 g/mol. The van der Waals surface area contributed by atoms with Crippen molar-refractivity contribution in [1.29, 1.82) is 0 Å². The van der Waals surface area contributed by atoms with E-state index in [4.69, 9.17) is 0 Å². The van der Waals surface area contributed by atoms with Gasteiger partial charge in [-0.05, 0) is 16.0 Å². The maximum Gasteiger partial charge on any atom is 0.364 e. The van der Waals surface area contributed by atoms with E-state index in [0.29, 0.717) is 17.7 Å². The van der Waals surface area contributed by atoms with Gasteiger partial charge >= 0.3 is 5.82 Å². The van der Waals surface area contributed by atoms with Crippen LogP contribution in [0, 0.1) is 10.1 Å². The average molecular weight is 223 g/mol. The molecule has 0 saturated heterocycles. The van der Waals surface area contributed by atoms with Crippen LogP contribution in [0.4, 0.5) is 5.82 Å². The number of hydrogen-bond acceptors (Lipinski definition) is 4. The van der Waals surface area contributed by atoms with Gasteiger partial charge in [-0.2, -0.15) is 0 Å². The lowest BCUT2D eigenvalue weighted by atomic mass is 10.2. The summed E-state index contributed by atoms with van der Waals surface area (Å²) in [6.07, 6.45) is 0.551. The zero-order chi connectivity index (χ0) is 12.3. The molecule has 6 nitrogen and oxygen atoms in total. The Labute approximate surface area is 93.1 Å². The van der Waals surface area contributed by atoms with Crippen molar-refractivity contribution in [2.24, 2.45) is 0 Å². The van der Waals surface area contributed by atoms with Crippen molar-refractivity contribution in [3.63, 3.8) is 0 Å². The van der Waals surface area contributed by atoms with Gasteiger partial charge in [-0.25, -0.2) is 0 Å². The van der Waals surface area contributed by atoms with Gasteiger partial charge in [-0.1, -0.05) is 6.92 Å². The lowest BCUT2D eigenvalue weighted by molar-refractivity contribution is -0.389. The third-order valence-electron chi connectivity index (χ3n) is 2.07. The maximum absolute atomic E-state index is 11.7. The first-order valence-corrected chi connectivity index (χ1v) is 4.82. The third-order valence-corrected chi connectivity index (χ3v) is 2.07. The van der Waals surface area contributed by atoms with Crippen LogP contribution < -0.4 is 0 Å². The molecule has 1 amide bonds. The number of aromatic nitrogens is 1. The zero-order valence-electron chi connectivity index (χ0n) is 9.43. The van der Waals surface area contributed by atoms with Crippen LogP contribution in [0.25, 0.3) is 0 Å². The summed E-state index contributed by atoms with van der Waals surface area (Å²) < 4.78 is 0. The molecule has 1 rings (SSSR count). The van der Waals surface area contributed by atoms with Crippen LogP contribution in [0.5, 0.6) is 0 Å². The molecule has 0 radical (unpaired) electrons. The number of nitrogens with zero attached hydrogens (tertiary/aromatic N) is 3. The van der Waals surface area contributed by atoms with Gasteiger partial charge in [0.2, 0.25) is 0 Å². The Morgan fingerprint density at radius 3 is 2.56 bits per heavy atom. The molecule has 0 atom stereocenters. The van der Waals surface area contributed by atoms with Gasteiger partial charge in [0.05, 0.1) is 5.56 Å². The standard InChI is InChI=1S/C10H13N3O3/c1-4-8-5-7(10(14)12(2)3)6-9(11-8)13(15)16/h5-6H,4H2,1-3H3. The van der Waals surface area contributed by atoms with Gasteiger partial charge in [-0.15, -0.1) is 0 Å². The Bertz CT molecular complexity index is 429. The molecule has 0 fully saturated rings. The Morgan fingerprint density at radius 1 is 1.50 bits per heavy atom. The molecule has 1 heterocycles. The highest BCUT2D eigenvalue weighted by molar-refractivity contribution is 5.94. The summed E-state index contributed by atoms with van der Waals surface area (Å²) in [5.74, 6) is -0.551. The number of pyridine rings is 1. The predicted octanol–water partition coefficient (Wildman–Crippen LogP) is 1.25. The van der Waals surface area contributed by atoms with E-state index in [1.54, 1.807) is 20.2 Å². The van der Waals surface area contributed by atoms with Crippen molar-refractivity contribution in [2.45, 2.75) is 13.3 Å². The first-order chi connectivity index (χ1) is 7.45. The topological polar surface area (TPSA) is 76.3 Å². The molecule has 16 heavy (non-hydrogen) atoms. The van der Waals surface area contributed by atoms with E-state index in [-0.39, 0.29) is 11.7 Å². The van der Waals surface area contributed by atoms with Crippen LogP contribution in [-0.2, 0) is 6.42 Å². The van der Waals surface area contributed by atoms with Crippen LogP contribution in [-0.4, -0.2) is 34.8 Å². The molecule has 0 unspecified atom stereocenters. The van der Waals surface area contributed by atoms with Gasteiger partial charge in [0.25, 0.3) is 5.91 Å². The summed E-state index contributed by atoms with van der Waals surface area (Å²) in [6.45, 7) is 1.83. The van der Waals surface area contributed by atoms with Gasteiger partial charge in [0, 0.05) is 26.6 Å². The van der Waals surface area contributed by atoms with Crippen LogP contribution >= 0.6 is 0 Å². The molecule has 0 spiro atoms. The molecule has 0 aliphatic carbocycles. The second kappa shape index (κ2) is 4.69. The van der Waals surface area contributed by atoms with Gasteiger partial charge in [0.1, 0.15) is 0 Å². The van der Waals surface area contributed by atoms with E-state index in [1.165, 1.54) is 11.0 Å². The Balaban J connectivity index is 3.24.